The lowest BCUT2D eigenvalue weighted by Gasteiger charge is -2.25. The number of ether oxygens (including phenoxy) is 2. The van der Waals surface area contributed by atoms with Crippen LogP contribution >= 0.6 is 11.3 Å². The number of hydrogen-bond donors (Lipinski definition) is 2. The predicted molar refractivity (Wildman–Crippen MR) is 121 cm³/mol. The molecule has 0 radical (unpaired) electrons. The third-order valence-corrected chi connectivity index (χ3v) is 6.45. The number of hydrogen-bond acceptors (Lipinski definition) is 4. The smallest absolute Gasteiger partial charge is 0.191 e. The second-order valence-corrected chi connectivity index (χ2v) is 9.03. The van der Waals surface area contributed by atoms with E-state index in [2.05, 4.69) is 71.3 Å². The highest BCUT2D eigenvalue weighted by molar-refractivity contribution is 7.10. The van der Waals surface area contributed by atoms with Crippen LogP contribution in [0.25, 0.3) is 0 Å². The Hall–Kier alpha value is -1.89. The number of guanidine groups is 1. The molecule has 1 saturated heterocycles. The van der Waals surface area contributed by atoms with Crippen LogP contribution in [0.1, 0.15) is 42.7 Å². The van der Waals surface area contributed by atoms with Crippen molar-refractivity contribution in [3.05, 3.63) is 57.8 Å². The lowest BCUT2D eigenvalue weighted by Crippen LogP contribution is -2.42. The molecule has 3 rings (SSSR count). The van der Waals surface area contributed by atoms with Gasteiger partial charge in [-0.3, -0.25) is 4.99 Å². The molecule has 0 atom stereocenters. The van der Waals surface area contributed by atoms with Crippen molar-refractivity contribution in [3.8, 4) is 0 Å². The summed E-state index contributed by atoms with van der Waals surface area (Å²) < 4.78 is 11.4. The van der Waals surface area contributed by atoms with Crippen molar-refractivity contribution < 1.29 is 9.47 Å². The molecule has 158 valence electrons. The molecule has 6 heteroatoms. The maximum absolute atomic E-state index is 6.05. The van der Waals surface area contributed by atoms with E-state index in [0.29, 0.717) is 12.7 Å². The highest BCUT2D eigenvalue weighted by Crippen LogP contribution is 2.26. The molecule has 0 saturated carbocycles. The second-order valence-electron chi connectivity index (χ2n) is 8.08. The van der Waals surface area contributed by atoms with Gasteiger partial charge in [-0.2, -0.15) is 0 Å². The predicted octanol–water partition coefficient (Wildman–Crippen LogP) is 4.09. The largest absolute Gasteiger partial charge is 0.381 e. The monoisotopic (exact) mass is 415 g/mol. The summed E-state index contributed by atoms with van der Waals surface area (Å²) in [5.74, 6) is 0.818. The average molecular weight is 416 g/mol. The van der Waals surface area contributed by atoms with Crippen molar-refractivity contribution in [2.45, 2.75) is 51.4 Å². The third kappa shape index (κ3) is 6.84. The van der Waals surface area contributed by atoms with Gasteiger partial charge in [0.05, 0.1) is 12.7 Å². The molecule has 1 aliphatic rings. The van der Waals surface area contributed by atoms with Crippen molar-refractivity contribution in [3.63, 3.8) is 0 Å². The summed E-state index contributed by atoms with van der Waals surface area (Å²) in [7, 11) is 1.81. The molecule has 2 N–H and O–H groups in total. The number of aliphatic imine (C=N–C) groups is 1. The van der Waals surface area contributed by atoms with Gasteiger partial charge in [0.25, 0.3) is 0 Å². The fourth-order valence-electron chi connectivity index (χ4n) is 3.35. The number of benzene rings is 1. The zero-order valence-electron chi connectivity index (χ0n) is 17.7. The maximum atomic E-state index is 6.05. The number of thiophene rings is 1. The zero-order valence-corrected chi connectivity index (χ0v) is 18.6. The molecule has 1 fully saturated rings. The van der Waals surface area contributed by atoms with Gasteiger partial charge in [0.1, 0.15) is 0 Å². The topological polar surface area (TPSA) is 54.9 Å². The summed E-state index contributed by atoms with van der Waals surface area (Å²) in [6.07, 6.45) is 2.30. The minimum Gasteiger partial charge on any atom is -0.381 e. The van der Waals surface area contributed by atoms with Crippen LogP contribution in [0.2, 0.25) is 0 Å². The van der Waals surface area contributed by atoms with Crippen molar-refractivity contribution in [2.24, 2.45) is 4.99 Å². The standard InChI is InChI=1S/C23H33N3O2S/c1-23(2,21-8-5-13-29-21)17-26-22(24-3)25-15-18-6-4-7-19(14-18)16-28-20-9-11-27-12-10-20/h4-8,13-14,20H,9-12,15-17H2,1-3H3,(H2,24,25,26). The maximum Gasteiger partial charge on any atom is 0.191 e. The summed E-state index contributed by atoms with van der Waals surface area (Å²) in [6, 6.07) is 12.8. The normalized spacial score (nSPS) is 16.0. The molecule has 0 unspecified atom stereocenters. The van der Waals surface area contributed by atoms with Crippen molar-refractivity contribution in [2.75, 3.05) is 26.8 Å². The van der Waals surface area contributed by atoms with E-state index in [0.717, 1.165) is 45.1 Å². The molecule has 1 aromatic heterocycles. The van der Waals surface area contributed by atoms with E-state index >= 15 is 0 Å². The highest BCUT2D eigenvalue weighted by Gasteiger charge is 2.22. The Balaban J connectivity index is 1.46. The first-order chi connectivity index (χ1) is 14.1. The van der Waals surface area contributed by atoms with Crippen LogP contribution in [0, 0.1) is 0 Å². The van der Waals surface area contributed by atoms with Crippen LogP contribution in [0.3, 0.4) is 0 Å². The molecule has 2 heterocycles. The molecule has 1 aromatic carbocycles. The molecular weight excluding hydrogens is 382 g/mol. The van der Waals surface area contributed by atoms with Crippen LogP contribution in [-0.4, -0.2) is 38.9 Å². The molecule has 1 aliphatic heterocycles. The minimum absolute atomic E-state index is 0.0627. The van der Waals surface area contributed by atoms with Gasteiger partial charge in [-0.05, 0) is 35.4 Å². The first kappa shape index (κ1) is 21.8. The fourth-order valence-corrected chi connectivity index (χ4v) is 4.20. The van der Waals surface area contributed by atoms with Crippen LogP contribution in [0.15, 0.2) is 46.8 Å². The SMILES string of the molecule is CN=C(NCc1cccc(COC2CCOCC2)c1)NCC(C)(C)c1cccs1. The van der Waals surface area contributed by atoms with E-state index in [1.807, 2.05) is 7.05 Å². The van der Waals surface area contributed by atoms with Gasteiger partial charge in [-0.15, -0.1) is 11.3 Å². The van der Waals surface area contributed by atoms with Crippen LogP contribution in [-0.2, 0) is 28.0 Å². The van der Waals surface area contributed by atoms with Gasteiger partial charge in [0, 0.05) is 43.6 Å². The van der Waals surface area contributed by atoms with Crippen LogP contribution in [0.4, 0.5) is 0 Å². The van der Waals surface area contributed by atoms with Crippen molar-refractivity contribution in [1.29, 1.82) is 0 Å². The number of nitrogens with one attached hydrogen (secondary N) is 2. The molecule has 0 aliphatic carbocycles. The number of rotatable bonds is 8. The Morgan fingerprint density at radius 3 is 2.69 bits per heavy atom. The summed E-state index contributed by atoms with van der Waals surface area (Å²) in [5.41, 5.74) is 2.49. The summed E-state index contributed by atoms with van der Waals surface area (Å²) >= 11 is 1.80. The van der Waals surface area contributed by atoms with Gasteiger partial charge in [0.15, 0.2) is 5.96 Å². The van der Waals surface area contributed by atoms with Crippen LogP contribution in [0.5, 0.6) is 0 Å². The van der Waals surface area contributed by atoms with Crippen molar-refractivity contribution >= 4 is 17.3 Å². The Morgan fingerprint density at radius 2 is 1.97 bits per heavy atom. The Bertz CT molecular complexity index is 768. The van der Waals surface area contributed by atoms with Gasteiger partial charge in [-0.1, -0.05) is 44.2 Å². The number of nitrogens with zero attached hydrogens (tertiary/aromatic N) is 1. The summed E-state index contributed by atoms with van der Waals surface area (Å²) in [4.78, 5) is 5.74. The van der Waals surface area contributed by atoms with Crippen LogP contribution < -0.4 is 10.6 Å². The molecule has 0 amide bonds. The fraction of sp³-hybridized carbons (Fsp3) is 0.522. The molecule has 5 nitrogen and oxygen atoms in total. The lowest BCUT2D eigenvalue weighted by molar-refractivity contribution is -0.0390. The summed E-state index contributed by atoms with van der Waals surface area (Å²) in [5, 5.41) is 9.01. The Kier molecular flexibility index (Phi) is 8.09. The quantitative estimate of drug-likeness (QED) is 0.504. The van der Waals surface area contributed by atoms with Gasteiger partial charge in [0.2, 0.25) is 0 Å². The molecule has 0 spiro atoms. The molecular formula is C23H33N3O2S. The molecule has 0 bridgehead atoms. The van der Waals surface area contributed by atoms with Gasteiger partial charge < -0.3 is 20.1 Å². The molecule has 29 heavy (non-hydrogen) atoms. The average Bonchev–Trinajstić information content (AvgIpc) is 3.29. The van der Waals surface area contributed by atoms with E-state index in [9.17, 15) is 0 Å². The van der Waals surface area contributed by atoms with Gasteiger partial charge in [-0.25, -0.2) is 0 Å². The first-order valence-corrected chi connectivity index (χ1v) is 11.2. The van der Waals surface area contributed by atoms with E-state index in [1.54, 1.807) is 11.3 Å². The van der Waals surface area contributed by atoms with E-state index in [-0.39, 0.29) is 5.41 Å². The van der Waals surface area contributed by atoms with E-state index in [1.165, 1.54) is 16.0 Å². The first-order valence-electron chi connectivity index (χ1n) is 10.3. The molecule has 2 aromatic rings. The zero-order chi connectivity index (χ0) is 20.5. The van der Waals surface area contributed by atoms with E-state index in [4.69, 9.17) is 9.47 Å². The highest BCUT2D eigenvalue weighted by atomic mass is 32.1. The Labute approximate surface area is 178 Å². The second kappa shape index (κ2) is 10.8. The Morgan fingerprint density at radius 1 is 1.17 bits per heavy atom. The van der Waals surface area contributed by atoms with Crippen molar-refractivity contribution in [1.82, 2.24) is 10.6 Å². The minimum atomic E-state index is 0.0627. The third-order valence-electron chi connectivity index (χ3n) is 5.21. The van der Waals surface area contributed by atoms with E-state index < -0.39 is 0 Å². The van der Waals surface area contributed by atoms with Gasteiger partial charge >= 0.3 is 0 Å². The summed E-state index contributed by atoms with van der Waals surface area (Å²) in [6.45, 7) is 8.33. The lowest BCUT2D eigenvalue weighted by atomic mass is 9.91.